The molecule has 0 fully saturated rings. The normalized spacial score (nSPS) is 15.9. The molecule has 1 aromatic heterocycles. The number of carbonyl (C=O) groups excluding carboxylic acids is 1. The van der Waals surface area contributed by atoms with Crippen molar-refractivity contribution in [3.8, 4) is 0 Å². The first-order valence-electron chi connectivity index (χ1n) is 8.14. The summed E-state index contributed by atoms with van der Waals surface area (Å²) in [4.78, 5) is 17.4. The van der Waals surface area contributed by atoms with Gasteiger partial charge in [-0.2, -0.15) is 0 Å². The van der Waals surface area contributed by atoms with Crippen molar-refractivity contribution in [1.29, 1.82) is 0 Å². The Kier molecular flexibility index (Phi) is 5.26. The fraction of sp³-hybridized carbons (Fsp3) is 0.389. The van der Waals surface area contributed by atoms with Crippen LogP contribution in [-0.4, -0.2) is 47.2 Å². The van der Waals surface area contributed by atoms with Crippen LogP contribution in [-0.2, 0) is 16.0 Å². The third-order valence-electron chi connectivity index (χ3n) is 4.34. The number of nitrogens with one attached hydrogen (secondary N) is 1. The smallest absolute Gasteiger partial charge is 0.338 e. The molecule has 0 saturated carbocycles. The van der Waals surface area contributed by atoms with Crippen LogP contribution in [0.1, 0.15) is 18.9 Å². The quantitative estimate of drug-likeness (QED) is 0.763. The minimum atomic E-state index is -0.407. The van der Waals surface area contributed by atoms with Crippen molar-refractivity contribution >= 4 is 32.8 Å². The number of fused-ring (bicyclic) bond motifs is 1. The van der Waals surface area contributed by atoms with Crippen molar-refractivity contribution in [3.63, 3.8) is 0 Å². The van der Waals surface area contributed by atoms with E-state index in [1.807, 2.05) is 12.3 Å². The summed E-state index contributed by atoms with van der Waals surface area (Å²) in [6.45, 7) is 4.11. The molecule has 0 unspecified atom stereocenters. The summed E-state index contributed by atoms with van der Waals surface area (Å²) in [5.41, 5.74) is 2.77. The number of rotatable bonds is 5. The van der Waals surface area contributed by atoms with Crippen molar-refractivity contribution in [2.75, 3.05) is 26.2 Å². The average Bonchev–Trinajstić information content (AvgIpc) is 2.96. The van der Waals surface area contributed by atoms with E-state index in [0.29, 0.717) is 25.1 Å². The second-order valence-electron chi connectivity index (χ2n) is 5.93. The molecule has 2 N–H and O–H groups in total. The molecule has 1 aliphatic rings. The van der Waals surface area contributed by atoms with Crippen molar-refractivity contribution in [1.82, 2.24) is 9.88 Å². The Balaban J connectivity index is 1.66. The molecular formula is C18H21BrN2O3. The molecule has 0 spiro atoms. The van der Waals surface area contributed by atoms with Gasteiger partial charge < -0.3 is 14.8 Å². The standard InChI is InChI=1S/C18H21BrN2O3/c1-2-24-18(23)15-11-21(8-6-17(15)22)7-5-12-10-20-16-4-3-13(19)9-14(12)16/h3-4,9-10,20,22H,2,5-8,11H2,1H3. The molecule has 1 aromatic carbocycles. The molecule has 24 heavy (non-hydrogen) atoms. The van der Waals surface area contributed by atoms with Gasteiger partial charge in [0.25, 0.3) is 0 Å². The predicted octanol–water partition coefficient (Wildman–Crippen LogP) is 3.55. The van der Waals surface area contributed by atoms with E-state index in [4.69, 9.17) is 4.74 Å². The highest BCUT2D eigenvalue weighted by Crippen LogP contribution is 2.24. The SMILES string of the molecule is CCOC(=O)C1=C(O)CCN(CCc2c[nH]c3ccc(Br)cc23)C1. The average molecular weight is 393 g/mol. The summed E-state index contributed by atoms with van der Waals surface area (Å²) in [5, 5.41) is 11.2. The molecule has 6 heteroatoms. The highest BCUT2D eigenvalue weighted by molar-refractivity contribution is 9.10. The number of hydrogen-bond donors (Lipinski definition) is 2. The van der Waals surface area contributed by atoms with Crippen LogP contribution in [0.15, 0.2) is 40.2 Å². The van der Waals surface area contributed by atoms with Gasteiger partial charge in [0.05, 0.1) is 12.2 Å². The van der Waals surface area contributed by atoms with E-state index in [0.717, 1.165) is 29.5 Å². The number of benzene rings is 1. The van der Waals surface area contributed by atoms with Crippen LogP contribution in [0.25, 0.3) is 10.9 Å². The number of nitrogens with zero attached hydrogens (tertiary/aromatic N) is 1. The summed E-state index contributed by atoms with van der Waals surface area (Å²) < 4.78 is 6.09. The lowest BCUT2D eigenvalue weighted by Gasteiger charge is -2.27. The van der Waals surface area contributed by atoms with Crippen LogP contribution >= 0.6 is 15.9 Å². The van der Waals surface area contributed by atoms with Crippen LogP contribution in [0, 0.1) is 0 Å². The van der Waals surface area contributed by atoms with E-state index >= 15 is 0 Å². The number of aromatic nitrogens is 1. The minimum Gasteiger partial charge on any atom is -0.512 e. The Morgan fingerprint density at radius 1 is 1.46 bits per heavy atom. The van der Waals surface area contributed by atoms with Gasteiger partial charge in [-0.15, -0.1) is 0 Å². The maximum Gasteiger partial charge on any atom is 0.338 e. The van der Waals surface area contributed by atoms with Crippen molar-refractivity contribution < 1.29 is 14.6 Å². The molecule has 2 aromatic rings. The number of aliphatic hydroxyl groups is 1. The van der Waals surface area contributed by atoms with Crippen LogP contribution < -0.4 is 0 Å². The summed E-state index contributed by atoms with van der Waals surface area (Å²) in [6.07, 6.45) is 3.42. The molecule has 0 aliphatic carbocycles. The van der Waals surface area contributed by atoms with Gasteiger partial charge >= 0.3 is 5.97 Å². The lowest BCUT2D eigenvalue weighted by Crippen LogP contribution is -2.36. The molecular weight excluding hydrogens is 372 g/mol. The third kappa shape index (κ3) is 3.65. The van der Waals surface area contributed by atoms with Crippen LogP contribution in [0.5, 0.6) is 0 Å². The molecule has 3 rings (SSSR count). The summed E-state index contributed by atoms with van der Waals surface area (Å²) in [7, 11) is 0. The highest BCUT2D eigenvalue weighted by Gasteiger charge is 2.24. The lowest BCUT2D eigenvalue weighted by atomic mass is 10.1. The first-order chi connectivity index (χ1) is 11.6. The number of carbonyl (C=O) groups is 1. The van der Waals surface area contributed by atoms with Gasteiger partial charge in [0, 0.05) is 47.6 Å². The first kappa shape index (κ1) is 17.0. The Morgan fingerprint density at radius 2 is 2.29 bits per heavy atom. The van der Waals surface area contributed by atoms with Crippen molar-refractivity contribution in [3.05, 3.63) is 45.8 Å². The Hall–Kier alpha value is -1.79. The summed E-state index contributed by atoms with van der Waals surface area (Å²) in [5.74, 6) is -0.239. The Labute approximate surface area is 149 Å². The van der Waals surface area contributed by atoms with E-state index in [9.17, 15) is 9.90 Å². The molecule has 1 aliphatic heterocycles. The van der Waals surface area contributed by atoms with Gasteiger partial charge in [0.2, 0.25) is 0 Å². The predicted molar refractivity (Wildman–Crippen MR) is 97.0 cm³/mol. The van der Waals surface area contributed by atoms with Crippen LogP contribution in [0.3, 0.4) is 0 Å². The molecule has 5 nitrogen and oxygen atoms in total. The number of ether oxygens (including phenoxy) is 1. The van der Waals surface area contributed by atoms with Crippen molar-refractivity contribution in [2.24, 2.45) is 0 Å². The molecule has 0 amide bonds. The maximum absolute atomic E-state index is 11.9. The summed E-state index contributed by atoms with van der Waals surface area (Å²) >= 11 is 3.51. The fourth-order valence-corrected chi connectivity index (χ4v) is 3.40. The largest absolute Gasteiger partial charge is 0.512 e. The third-order valence-corrected chi connectivity index (χ3v) is 4.84. The molecule has 128 valence electrons. The molecule has 2 heterocycles. The Bertz CT molecular complexity index is 782. The van der Waals surface area contributed by atoms with Crippen LogP contribution in [0.4, 0.5) is 0 Å². The van der Waals surface area contributed by atoms with Crippen molar-refractivity contribution in [2.45, 2.75) is 19.8 Å². The summed E-state index contributed by atoms with van der Waals surface area (Å²) in [6, 6.07) is 6.20. The highest BCUT2D eigenvalue weighted by atomic mass is 79.9. The zero-order chi connectivity index (χ0) is 17.1. The van der Waals surface area contributed by atoms with E-state index in [-0.39, 0.29) is 5.76 Å². The van der Waals surface area contributed by atoms with Gasteiger partial charge in [-0.1, -0.05) is 15.9 Å². The number of H-pyrrole nitrogens is 1. The van der Waals surface area contributed by atoms with E-state index in [1.54, 1.807) is 6.92 Å². The number of aromatic amines is 1. The molecule has 0 bridgehead atoms. The zero-order valence-electron chi connectivity index (χ0n) is 13.6. The number of aliphatic hydroxyl groups excluding tert-OH is 1. The van der Waals surface area contributed by atoms with E-state index in [1.165, 1.54) is 10.9 Å². The minimum absolute atomic E-state index is 0.167. The van der Waals surface area contributed by atoms with Gasteiger partial charge in [-0.25, -0.2) is 4.79 Å². The topological polar surface area (TPSA) is 65.6 Å². The van der Waals surface area contributed by atoms with Gasteiger partial charge in [0.1, 0.15) is 5.76 Å². The van der Waals surface area contributed by atoms with Gasteiger partial charge in [-0.05, 0) is 37.1 Å². The van der Waals surface area contributed by atoms with Crippen LogP contribution in [0.2, 0.25) is 0 Å². The van der Waals surface area contributed by atoms with Gasteiger partial charge in [0.15, 0.2) is 0 Å². The lowest BCUT2D eigenvalue weighted by molar-refractivity contribution is -0.139. The maximum atomic E-state index is 11.9. The van der Waals surface area contributed by atoms with E-state index in [2.05, 4.69) is 37.9 Å². The van der Waals surface area contributed by atoms with Gasteiger partial charge in [-0.3, -0.25) is 4.90 Å². The Morgan fingerprint density at radius 3 is 3.08 bits per heavy atom. The monoisotopic (exact) mass is 392 g/mol. The molecule has 0 saturated heterocycles. The number of hydrogen-bond acceptors (Lipinski definition) is 4. The molecule has 0 atom stereocenters. The number of esters is 1. The zero-order valence-corrected chi connectivity index (χ0v) is 15.2. The molecule has 0 radical (unpaired) electrons. The second kappa shape index (κ2) is 7.40. The first-order valence-corrected chi connectivity index (χ1v) is 8.93. The second-order valence-corrected chi connectivity index (χ2v) is 6.84. The number of halogens is 1. The fourth-order valence-electron chi connectivity index (χ4n) is 3.04. The van der Waals surface area contributed by atoms with E-state index < -0.39 is 5.97 Å².